The SMILES string of the molecule is CN=C(NCc1c(C)nn(C)c1C)NCC1(c2cccc(C(F)(F)F)c2)CC1. The largest absolute Gasteiger partial charge is 0.416 e. The second-order valence-electron chi connectivity index (χ2n) is 7.41. The van der Waals surface area contributed by atoms with Crippen LogP contribution in [0.25, 0.3) is 0 Å². The molecular weight excluding hydrogens is 367 g/mol. The lowest BCUT2D eigenvalue weighted by Gasteiger charge is -2.20. The lowest BCUT2D eigenvalue weighted by molar-refractivity contribution is -0.137. The van der Waals surface area contributed by atoms with Gasteiger partial charge in [-0.2, -0.15) is 18.3 Å². The first-order valence-electron chi connectivity index (χ1n) is 9.27. The van der Waals surface area contributed by atoms with E-state index in [4.69, 9.17) is 0 Å². The highest BCUT2D eigenvalue weighted by molar-refractivity contribution is 5.79. The summed E-state index contributed by atoms with van der Waals surface area (Å²) in [7, 11) is 3.59. The molecule has 0 aliphatic heterocycles. The first-order valence-corrected chi connectivity index (χ1v) is 9.27. The molecule has 0 saturated heterocycles. The van der Waals surface area contributed by atoms with Crippen LogP contribution in [0.1, 0.15) is 40.9 Å². The quantitative estimate of drug-likeness (QED) is 0.604. The third-order valence-electron chi connectivity index (χ3n) is 5.57. The number of alkyl halides is 3. The number of nitrogens with one attached hydrogen (secondary N) is 2. The summed E-state index contributed by atoms with van der Waals surface area (Å²) in [5, 5.41) is 11.0. The molecule has 0 unspecified atom stereocenters. The molecule has 1 aromatic carbocycles. The van der Waals surface area contributed by atoms with E-state index < -0.39 is 11.7 Å². The molecule has 152 valence electrons. The summed E-state index contributed by atoms with van der Waals surface area (Å²) in [6.45, 7) is 5.10. The zero-order chi connectivity index (χ0) is 20.5. The Balaban J connectivity index is 1.64. The van der Waals surface area contributed by atoms with E-state index in [2.05, 4.69) is 20.7 Å². The predicted octanol–water partition coefficient (Wildman–Crippen LogP) is 3.45. The molecule has 28 heavy (non-hydrogen) atoms. The molecule has 2 aromatic rings. The van der Waals surface area contributed by atoms with Gasteiger partial charge in [0.2, 0.25) is 0 Å². The number of nitrogens with zero attached hydrogens (tertiary/aromatic N) is 3. The van der Waals surface area contributed by atoms with Gasteiger partial charge in [0.05, 0.1) is 11.3 Å². The van der Waals surface area contributed by atoms with E-state index in [1.807, 2.05) is 25.6 Å². The van der Waals surface area contributed by atoms with E-state index in [1.54, 1.807) is 13.1 Å². The number of aromatic nitrogens is 2. The highest BCUT2D eigenvalue weighted by atomic mass is 19.4. The fourth-order valence-corrected chi connectivity index (χ4v) is 3.46. The summed E-state index contributed by atoms with van der Waals surface area (Å²) < 4.78 is 40.9. The van der Waals surface area contributed by atoms with Gasteiger partial charge < -0.3 is 10.6 Å². The van der Waals surface area contributed by atoms with Gasteiger partial charge in [-0.15, -0.1) is 0 Å². The van der Waals surface area contributed by atoms with Crippen molar-refractivity contribution in [1.29, 1.82) is 0 Å². The average molecular weight is 393 g/mol. The number of hydrogen-bond acceptors (Lipinski definition) is 2. The summed E-state index contributed by atoms with van der Waals surface area (Å²) in [5.74, 6) is 0.626. The number of hydrogen-bond donors (Lipinski definition) is 2. The molecule has 3 rings (SSSR count). The molecule has 5 nitrogen and oxygen atoms in total. The Bertz CT molecular complexity index is 878. The molecular formula is C20H26F3N5. The first kappa shape index (κ1) is 20.2. The van der Waals surface area contributed by atoms with E-state index in [-0.39, 0.29) is 5.41 Å². The van der Waals surface area contributed by atoms with Gasteiger partial charge in [-0.1, -0.05) is 18.2 Å². The van der Waals surface area contributed by atoms with E-state index in [9.17, 15) is 13.2 Å². The van der Waals surface area contributed by atoms with Crippen molar-refractivity contribution in [2.24, 2.45) is 12.0 Å². The average Bonchev–Trinajstić information content (AvgIpc) is 3.40. The lowest BCUT2D eigenvalue weighted by Crippen LogP contribution is -2.41. The number of benzene rings is 1. The van der Waals surface area contributed by atoms with Crippen LogP contribution < -0.4 is 10.6 Å². The van der Waals surface area contributed by atoms with Crippen LogP contribution in [0, 0.1) is 13.8 Å². The van der Waals surface area contributed by atoms with Crippen molar-refractivity contribution in [2.75, 3.05) is 13.6 Å². The Morgan fingerprint density at radius 3 is 2.50 bits per heavy atom. The third-order valence-corrected chi connectivity index (χ3v) is 5.57. The molecule has 1 aliphatic rings. The van der Waals surface area contributed by atoms with Gasteiger partial charge >= 0.3 is 6.18 Å². The van der Waals surface area contributed by atoms with Crippen molar-refractivity contribution >= 4 is 5.96 Å². The Hall–Kier alpha value is -2.51. The van der Waals surface area contributed by atoms with Gasteiger partial charge in [-0.3, -0.25) is 9.67 Å². The Morgan fingerprint density at radius 1 is 1.25 bits per heavy atom. The normalized spacial score (nSPS) is 16.2. The number of halogens is 3. The predicted molar refractivity (Wildman–Crippen MR) is 103 cm³/mol. The van der Waals surface area contributed by atoms with Crippen molar-refractivity contribution < 1.29 is 13.2 Å². The fourth-order valence-electron chi connectivity index (χ4n) is 3.46. The van der Waals surface area contributed by atoms with Crippen molar-refractivity contribution in [2.45, 2.75) is 44.8 Å². The van der Waals surface area contributed by atoms with E-state index in [1.165, 1.54) is 12.1 Å². The molecule has 0 atom stereocenters. The fraction of sp³-hybridized carbons (Fsp3) is 0.500. The van der Waals surface area contributed by atoms with Gasteiger partial charge in [-0.25, -0.2) is 0 Å². The smallest absolute Gasteiger partial charge is 0.356 e. The second kappa shape index (κ2) is 7.48. The first-order chi connectivity index (χ1) is 13.2. The molecule has 0 radical (unpaired) electrons. The van der Waals surface area contributed by atoms with Crippen LogP contribution in [0.2, 0.25) is 0 Å². The zero-order valence-corrected chi connectivity index (χ0v) is 16.6. The molecule has 2 N–H and O–H groups in total. The maximum absolute atomic E-state index is 13.0. The summed E-state index contributed by atoms with van der Waals surface area (Å²) in [5.41, 5.74) is 3.03. The molecule has 0 spiro atoms. The van der Waals surface area contributed by atoms with Gasteiger partial charge in [0, 0.05) is 43.9 Å². The Kier molecular flexibility index (Phi) is 5.41. The van der Waals surface area contributed by atoms with E-state index in [0.717, 1.165) is 41.4 Å². The van der Waals surface area contributed by atoms with Gasteiger partial charge in [-0.05, 0) is 38.3 Å². The van der Waals surface area contributed by atoms with Gasteiger partial charge in [0.25, 0.3) is 0 Å². The van der Waals surface area contributed by atoms with Crippen molar-refractivity contribution in [3.63, 3.8) is 0 Å². The van der Waals surface area contributed by atoms with Gasteiger partial charge in [0.1, 0.15) is 0 Å². The highest BCUT2D eigenvalue weighted by Crippen LogP contribution is 2.48. The van der Waals surface area contributed by atoms with Crippen molar-refractivity contribution in [3.8, 4) is 0 Å². The van der Waals surface area contributed by atoms with Crippen molar-refractivity contribution in [3.05, 3.63) is 52.3 Å². The highest BCUT2D eigenvalue weighted by Gasteiger charge is 2.45. The molecule has 1 fully saturated rings. The zero-order valence-electron chi connectivity index (χ0n) is 16.6. The number of aliphatic imine (C=N–C) groups is 1. The van der Waals surface area contributed by atoms with Crippen LogP contribution in [0.4, 0.5) is 13.2 Å². The standard InChI is InChI=1S/C20H26F3N5/c1-13-17(14(2)28(4)27-13)11-25-18(24-3)26-12-19(8-9-19)15-6-5-7-16(10-15)20(21,22)23/h5-7,10H,8-9,11-12H2,1-4H3,(H2,24,25,26). The summed E-state index contributed by atoms with van der Waals surface area (Å²) in [6, 6.07) is 5.65. The molecule has 0 amide bonds. The Labute approximate surface area is 163 Å². The van der Waals surface area contributed by atoms with E-state index >= 15 is 0 Å². The number of aryl methyl sites for hydroxylation is 2. The van der Waals surface area contributed by atoms with Crippen LogP contribution in [-0.4, -0.2) is 29.3 Å². The monoisotopic (exact) mass is 393 g/mol. The minimum absolute atomic E-state index is 0.265. The molecule has 1 aromatic heterocycles. The van der Waals surface area contributed by atoms with Crippen LogP contribution in [-0.2, 0) is 25.2 Å². The molecule has 1 heterocycles. The maximum Gasteiger partial charge on any atom is 0.416 e. The molecule has 0 bridgehead atoms. The summed E-state index contributed by atoms with van der Waals surface area (Å²) in [6.07, 6.45) is -2.60. The van der Waals surface area contributed by atoms with Crippen LogP contribution in [0.3, 0.4) is 0 Å². The summed E-state index contributed by atoms with van der Waals surface area (Å²) in [4.78, 5) is 4.24. The second-order valence-corrected chi connectivity index (χ2v) is 7.41. The van der Waals surface area contributed by atoms with Crippen LogP contribution in [0.15, 0.2) is 29.3 Å². The number of rotatable bonds is 5. The van der Waals surface area contributed by atoms with Gasteiger partial charge in [0.15, 0.2) is 5.96 Å². The minimum Gasteiger partial charge on any atom is -0.356 e. The van der Waals surface area contributed by atoms with Crippen LogP contribution in [0.5, 0.6) is 0 Å². The minimum atomic E-state index is -4.32. The number of guanidine groups is 1. The topological polar surface area (TPSA) is 54.2 Å². The van der Waals surface area contributed by atoms with Crippen molar-refractivity contribution in [1.82, 2.24) is 20.4 Å². The van der Waals surface area contributed by atoms with E-state index in [0.29, 0.717) is 19.0 Å². The maximum atomic E-state index is 13.0. The Morgan fingerprint density at radius 2 is 1.96 bits per heavy atom. The molecule has 1 saturated carbocycles. The molecule has 1 aliphatic carbocycles. The van der Waals surface area contributed by atoms with Crippen LogP contribution >= 0.6 is 0 Å². The third kappa shape index (κ3) is 4.15. The molecule has 8 heteroatoms. The summed E-state index contributed by atoms with van der Waals surface area (Å²) >= 11 is 0. The lowest BCUT2D eigenvalue weighted by atomic mass is 9.94.